The van der Waals surface area contributed by atoms with Gasteiger partial charge in [-0.1, -0.05) is 30.3 Å². The van der Waals surface area contributed by atoms with Gasteiger partial charge >= 0.3 is 6.03 Å². The lowest BCUT2D eigenvalue weighted by molar-refractivity contribution is -0.130. The molecule has 26 heavy (non-hydrogen) atoms. The average Bonchev–Trinajstić information content (AvgIpc) is 3.23. The highest BCUT2D eigenvalue weighted by Crippen LogP contribution is 2.11. The molecule has 1 aliphatic heterocycles. The van der Waals surface area contributed by atoms with Gasteiger partial charge in [0.25, 0.3) is 5.91 Å². The molecule has 1 aliphatic rings. The van der Waals surface area contributed by atoms with E-state index in [1.807, 2.05) is 30.3 Å². The topological polar surface area (TPSA) is 107 Å². The van der Waals surface area contributed by atoms with Gasteiger partial charge < -0.3 is 15.6 Å². The molecule has 1 aromatic heterocycles. The minimum atomic E-state index is -0.801. The number of hydrogen-bond donors (Lipinski definition) is 3. The summed E-state index contributed by atoms with van der Waals surface area (Å²) in [6.07, 6.45) is 4.42. The molecule has 0 aliphatic carbocycles. The zero-order valence-corrected chi connectivity index (χ0v) is 14.3. The third-order valence-electron chi connectivity index (χ3n) is 4.23. The Morgan fingerprint density at radius 1 is 1.19 bits per heavy atom. The molecule has 0 saturated carbocycles. The molecule has 8 heteroatoms. The zero-order valence-electron chi connectivity index (χ0n) is 14.3. The van der Waals surface area contributed by atoms with Crippen molar-refractivity contribution in [3.05, 3.63) is 54.1 Å². The maximum absolute atomic E-state index is 12.4. The number of aromatic amines is 1. The van der Waals surface area contributed by atoms with Gasteiger partial charge in [0, 0.05) is 31.4 Å². The highest BCUT2D eigenvalue weighted by molar-refractivity contribution is 6.05. The Hall–Kier alpha value is -3.16. The molecule has 4 amide bonds. The first-order valence-electron chi connectivity index (χ1n) is 8.53. The third-order valence-corrected chi connectivity index (χ3v) is 4.23. The minimum Gasteiger partial charge on any atom is -0.356 e. The number of imide groups is 1. The molecule has 3 N–H and O–H groups in total. The molecule has 8 nitrogen and oxygen atoms in total. The molecule has 0 radical (unpaired) electrons. The van der Waals surface area contributed by atoms with Crippen molar-refractivity contribution in [2.45, 2.75) is 25.3 Å². The summed E-state index contributed by atoms with van der Waals surface area (Å²) in [5.41, 5.74) is 1.97. The Balaban J connectivity index is 1.44. The molecule has 2 heterocycles. The summed E-state index contributed by atoms with van der Waals surface area (Å²) in [5.74, 6) is -0.622. The van der Waals surface area contributed by atoms with Crippen molar-refractivity contribution >= 4 is 17.8 Å². The van der Waals surface area contributed by atoms with E-state index in [9.17, 15) is 14.4 Å². The first-order chi connectivity index (χ1) is 12.6. The standard InChI is InChI=1S/C18H21N5O3/c24-16(20-8-6-14-11-19-12-21-14)10-15-17(25)23(18(26)22-15)9-7-13-4-2-1-3-5-13/h1-5,11-12,15H,6-10H2,(H,19,21)(H,20,24)(H,22,26)/t15-/m1/s1. The van der Waals surface area contributed by atoms with Crippen molar-refractivity contribution in [3.8, 4) is 0 Å². The van der Waals surface area contributed by atoms with Crippen LogP contribution in [0, 0.1) is 0 Å². The lowest BCUT2D eigenvalue weighted by Gasteiger charge is -2.13. The largest absolute Gasteiger partial charge is 0.356 e. The Morgan fingerprint density at radius 2 is 2.00 bits per heavy atom. The van der Waals surface area contributed by atoms with E-state index in [2.05, 4.69) is 20.6 Å². The van der Waals surface area contributed by atoms with Gasteiger partial charge in [-0.05, 0) is 12.0 Å². The molecule has 0 bridgehead atoms. The summed E-state index contributed by atoms with van der Waals surface area (Å²) in [7, 11) is 0. The van der Waals surface area contributed by atoms with Crippen LogP contribution in [0.1, 0.15) is 17.7 Å². The number of amides is 4. The number of benzene rings is 1. The SMILES string of the molecule is O=C(C[C@H]1NC(=O)N(CCc2ccccc2)C1=O)NCCc1cnc[nH]1. The minimum absolute atomic E-state index is 0.0601. The second-order valence-corrected chi connectivity index (χ2v) is 6.11. The number of aromatic nitrogens is 2. The maximum Gasteiger partial charge on any atom is 0.324 e. The van der Waals surface area contributed by atoms with Gasteiger partial charge in [-0.2, -0.15) is 0 Å². The number of nitrogens with one attached hydrogen (secondary N) is 3. The summed E-state index contributed by atoms with van der Waals surface area (Å²) in [5, 5.41) is 5.33. The molecule has 136 valence electrons. The van der Waals surface area contributed by atoms with Crippen LogP contribution in [0.4, 0.5) is 4.79 Å². The van der Waals surface area contributed by atoms with Crippen molar-refractivity contribution < 1.29 is 14.4 Å². The van der Waals surface area contributed by atoms with E-state index >= 15 is 0 Å². The molecule has 1 saturated heterocycles. The highest BCUT2D eigenvalue weighted by Gasteiger charge is 2.38. The van der Waals surface area contributed by atoms with Crippen LogP contribution < -0.4 is 10.6 Å². The summed E-state index contributed by atoms with van der Waals surface area (Å²) in [6.45, 7) is 0.736. The fourth-order valence-corrected chi connectivity index (χ4v) is 2.83. The first-order valence-corrected chi connectivity index (χ1v) is 8.53. The molecule has 1 aromatic carbocycles. The zero-order chi connectivity index (χ0) is 18.4. The highest BCUT2D eigenvalue weighted by atomic mass is 16.2. The Morgan fingerprint density at radius 3 is 2.73 bits per heavy atom. The van der Waals surface area contributed by atoms with Gasteiger partial charge in [0.05, 0.1) is 12.7 Å². The molecular formula is C18H21N5O3. The first kappa shape index (κ1) is 17.7. The van der Waals surface area contributed by atoms with Crippen LogP contribution in [0.5, 0.6) is 0 Å². The van der Waals surface area contributed by atoms with Crippen molar-refractivity contribution in [1.82, 2.24) is 25.5 Å². The van der Waals surface area contributed by atoms with E-state index in [4.69, 9.17) is 0 Å². The van der Waals surface area contributed by atoms with Crippen LogP contribution in [-0.2, 0) is 22.4 Å². The normalized spacial score (nSPS) is 16.6. The lowest BCUT2D eigenvalue weighted by Crippen LogP contribution is -2.37. The van der Waals surface area contributed by atoms with Crippen molar-refractivity contribution in [1.29, 1.82) is 0 Å². The van der Waals surface area contributed by atoms with Gasteiger partial charge in [0.1, 0.15) is 6.04 Å². The van der Waals surface area contributed by atoms with E-state index in [0.29, 0.717) is 25.9 Å². The second kappa shape index (κ2) is 8.28. The number of carbonyl (C=O) groups is 3. The Bertz CT molecular complexity index is 760. The number of rotatable bonds is 8. The van der Waals surface area contributed by atoms with Crippen molar-refractivity contribution in [3.63, 3.8) is 0 Å². The summed E-state index contributed by atoms with van der Waals surface area (Å²) in [6, 6.07) is 8.39. The quantitative estimate of drug-likeness (QED) is 0.604. The van der Waals surface area contributed by atoms with Crippen LogP contribution >= 0.6 is 0 Å². The molecule has 1 atom stereocenters. The van der Waals surface area contributed by atoms with Gasteiger partial charge in [-0.3, -0.25) is 14.5 Å². The van der Waals surface area contributed by atoms with Gasteiger partial charge in [0.2, 0.25) is 5.91 Å². The molecule has 0 spiro atoms. The molecular weight excluding hydrogens is 334 g/mol. The number of hydrogen-bond acceptors (Lipinski definition) is 4. The fraction of sp³-hybridized carbons (Fsp3) is 0.333. The smallest absolute Gasteiger partial charge is 0.324 e. The van der Waals surface area contributed by atoms with E-state index in [1.165, 1.54) is 4.90 Å². The molecule has 0 unspecified atom stereocenters. The third kappa shape index (κ3) is 4.47. The van der Waals surface area contributed by atoms with Crippen LogP contribution in [0.25, 0.3) is 0 Å². The monoisotopic (exact) mass is 355 g/mol. The van der Waals surface area contributed by atoms with E-state index in [-0.39, 0.29) is 18.2 Å². The van der Waals surface area contributed by atoms with Crippen molar-refractivity contribution in [2.75, 3.05) is 13.1 Å². The van der Waals surface area contributed by atoms with Crippen LogP contribution in [0.15, 0.2) is 42.9 Å². The number of urea groups is 1. The maximum atomic E-state index is 12.4. The van der Waals surface area contributed by atoms with Gasteiger partial charge in [0.15, 0.2) is 0 Å². The van der Waals surface area contributed by atoms with Crippen LogP contribution in [0.3, 0.4) is 0 Å². The number of nitrogens with zero attached hydrogens (tertiary/aromatic N) is 2. The van der Waals surface area contributed by atoms with Crippen LogP contribution in [-0.4, -0.2) is 51.8 Å². The lowest BCUT2D eigenvalue weighted by atomic mass is 10.1. The summed E-state index contributed by atoms with van der Waals surface area (Å²) < 4.78 is 0. The fourth-order valence-electron chi connectivity index (χ4n) is 2.83. The summed E-state index contributed by atoms with van der Waals surface area (Å²) in [4.78, 5) is 44.4. The average molecular weight is 355 g/mol. The summed E-state index contributed by atoms with van der Waals surface area (Å²) >= 11 is 0. The Labute approximate surface area is 151 Å². The molecule has 2 aromatic rings. The predicted molar refractivity (Wildman–Crippen MR) is 94.1 cm³/mol. The molecule has 1 fully saturated rings. The number of imidazole rings is 1. The van der Waals surface area contributed by atoms with E-state index < -0.39 is 12.1 Å². The Kier molecular flexibility index (Phi) is 5.62. The van der Waals surface area contributed by atoms with Crippen molar-refractivity contribution in [2.24, 2.45) is 0 Å². The van der Waals surface area contributed by atoms with E-state index in [0.717, 1.165) is 11.3 Å². The van der Waals surface area contributed by atoms with Crippen LogP contribution in [0.2, 0.25) is 0 Å². The molecule has 3 rings (SSSR count). The van der Waals surface area contributed by atoms with E-state index in [1.54, 1.807) is 12.5 Å². The predicted octanol–water partition coefficient (Wildman–Crippen LogP) is 0.622. The van der Waals surface area contributed by atoms with Gasteiger partial charge in [-0.15, -0.1) is 0 Å². The second-order valence-electron chi connectivity index (χ2n) is 6.11. The number of carbonyl (C=O) groups excluding carboxylic acids is 3. The number of H-pyrrole nitrogens is 1. The van der Waals surface area contributed by atoms with Gasteiger partial charge in [-0.25, -0.2) is 9.78 Å².